The molecule has 1 unspecified atom stereocenters. The molecule has 0 saturated carbocycles. The fourth-order valence-corrected chi connectivity index (χ4v) is 1.84. The molecule has 0 spiro atoms. The van der Waals surface area contributed by atoms with E-state index in [0.29, 0.717) is 16.8 Å². The fourth-order valence-electron chi connectivity index (χ4n) is 1.28. The van der Waals surface area contributed by atoms with Gasteiger partial charge in [-0.2, -0.15) is 11.8 Å². The van der Waals surface area contributed by atoms with Gasteiger partial charge in [-0.1, -0.05) is 18.5 Å². The van der Waals surface area contributed by atoms with E-state index in [0.717, 1.165) is 6.42 Å². The Hall–Kier alpha value is -0.610. The van der Waals surface area contributed by atoms with E-state index < -0.39 is 5.97 Å². The van der Waals surface area contributed by atoms with E-state index in [-0.39, 0.29) is 5.69 Å². The lowest BCUT2D eigenvalue weighted by Gasteiger charge is -2.10. The summed E-state index contributed by atoms with van der Waals surface area (Å²) >= 11 is 7.54. The Morgan fingerprint density at radius 2 is 2.40 bits per heavy atom. The molecule has 1 aromatic rings. The van der Waals surface area contributed by atoms with Crippen LogP contribution in [0.25, 0.3) is 0 Å². The standard InChI is InChI=1S/C10H14ClNO2S/c1-7(15-2)3-4-12-6-8(11)5-9(12)10(13)14/h5-7H,3-4H2,1-2H3,(H,13,14). The van der Waals surface area contributed by atoms with Gasteiger partial charge in [0.05, 0.1) is 5.02 Å². The molecule has 3 nitrogen and oxygen atoms in total. The van der Waals surface area contributed by atoms with Crippen molar-refractivity contribution in [1.29, 1.82) is 0 Å². The maximum absolute atomic E-state index is 10.9. The van der Waals surface area contributed by atoms with Crippen LogP contribution < -0.4 is 0 Å². The summed E-state index contributed by atoms with van der Waals surface area (Å²) in [6.07, 6.45) is 4.65. The van der Waals surface area contributed by atoms with E-state index in [4.69, 9.17) is 16.7 Å². The van der Waals surface area contributed by atoms with Crippen LogP contribution in [0.3, 0.4) is 0 Å². The molecule has 1 atom stereocenters. The Bertz CT molecular complexity index is 351. The lowest BCUT2D eigenvalue weighted by molar-refractivity contribution is 0.0685. The summed E-state index contributed by atoms with van der Waals surface area (Å²) < 4.78 is 1.69. The van der Waals surface area contributed by atoms with E-state index in [1.54, 1.807) is 22.5 Å². The van der Waals surface area contributed by atoms with Gasteiger partial charge in [-0.05, 0) is 18.7 Å². The molecule has 84 valence electrons. The number of carboxylic acids is 1. The Morgan fingerprint density at radius 1 is 1.73 bits per heavy atom. The van der Waals surface area contributed by atoms with Gasteiger partial charge in [-0.3, -0.25) is 0 Å². The topological polar surface area (TPSA) is 42.2 Å². The van der Waals surface area contributed by atoms with E-state index in [1.807, 2.05) is 6.26 Å². The van der Waals surface area contributed by atoms with Crippen LogP contribution >= 0.6 is 23.4 Å². The second-order valence-corrected chi connectivity index (χ2v) is 5.09. The van der Waals surface area contributed by atoms with Gasteiger partial charge >= 0.3 is 5.97 Å². The summed E-state index contributed by atoms with van der Waals surface area (Å²) in [7, 11) is 0. The first-order valence-electron chi connectivity index (χ1n) is 4.66. The molecule has 0 aromatic carbocycles. The average molecular weight is 248 g/mol. The van der Waals surface area contributed by atoms with Crippen LogP contribution in [0, 0.1) is 0 Å². The largest absolute Gasteiger partial charge is 0.477 e. The van der Waals surface area contributed by atoms with Gasteiger partial charge in [0.25, 0.3) is 0 Å². The summed E-state index contributed by atoms with van der Waals surface area (Å²) in [6.45, 7) is 2.81. The summed E-state index contributed by atoms with van der Waals surface area (Å²) in [4.78, 5) is 10.9. The van der Waals surface area contributed by atoms with Crippen molar-refractivity contribution in [2.24, 2.45) is 0 Å². The Kier molecular flexibility index (Phi) is 4.54. The van der Waals surface area contributed by atoms with Crippen molar-refractivity contribution in [3.8, 4) is 0 Å². The number of carboxylic acid groups (broad SMARTS) is 1. The maximum Gasteiger partial charge on any atom is 0.352 e. The van der Waals surface area contributed by atoms with Crippen molar-refractivity contribution < 1.29 is 9.90 Å². The van der Waals surface area contributed by atoms with Gasteiger partial charge in [0, 0.05) is 18.0 Å². The van der Waals surface area contributed by atoms with Crippen molar-refractivity contribution in [2.75, 3.05) is 6.26 Å². The maximum atomic E-state index is 10.9. The summed E-state index contributed by atoms with van der Waals surface area (Å²) in [6, 6.07) is 1.48. The van der Waals surface area contributed by atoms with Crippen LogP contribution in [0.1, 0.15) is 23.8 Å². The summed E-state index contributed by atoms with van der Waals surface area (Å²) in [5.74, 6) is -0.932. The molecule has 15 heavy (non-hydrogen) atoms. The first-order valence-corrected chi connectivity index (χ1v) is 6.33. The molecule has 0 aliphatic heterocycles. The third-order valence-corrected chi connectivity index (χ3v) is 3.51. The zero-order valence-corrected chi connectivity index (χ0v) is 10.3. The van der Waals surface area contributed by atoms with Gasteiger partial charge in [0.2, 0.25) is 0 Å². The van der Waals surface area contributed by atoms with Crippen LogP contribution in [-0.2, 0) is 6.54 Å². The van der Waals surface area contributed by atoms with Gasteiger partial charge in [-0.15, -0.1) is 0 Å². The molecule has 1 heterocycles. The van der Waals surface area contributed by atoms with Gasteiger partial charge in [-0.25, -0.2) is 4.79 Å². The minimum Gasteiger partial charge on any atom is -0.477 e. The van der Waals surface area contributed by atoms with Crippen LogP contribution in [0.5, 0.6) is 0 Å². The van der Waals surface area contributed by atoms with Crippen LogP contribution in [0.2, 0.25) is 5.02 Å². The number of thioether (sulfide) groups is 1. The molecule has 1 N–H and O–H groups in total. The fraction of sp³-hybridized carbons (Fsp3) is 0.500. The number of rotatable bonds is 5. The minimum atomic E-state index is -0.932. The highest BCUT2D eigenvalue weighted by Gasteiger charge is 2.12. The Balaban J connectivity index is 2.71. The molecule has 5 heteroatoms. The molecular weight excluding hydrogens is 234 g/mol. The average Bonchev–Trinajstić information content (AvgIpc) is 2.56. The number of aromatic nitrogens is 1. The highest BCUT2D eigenvalue weighted by atomic mass is 35.5. The van der Waals surface area contributed by atoms with Crippen molar-refractivity contribution >= 4 is 29.3 Å². The molecule has 0 fully saturated rings. The Labute approximate surface area is 98.4 Å². The van der Waals surface area contributed by atoms with Crippen LogP contribution in [0.15, 0.2) is 12.3 Å². The molecule has 1 aromatic heterocycles. The second kappa shape index (κ2) is 5.47. The highest BCUT2D eigenvalue weighted by molar-refractivity contribution is 7.99. The number of carbonyl (C=O) groups is 1. The summed E-state index contributed by atoms with van der Waals surface area (Å²) in [5, 5.41) is 9.91. The molecule has 0 aliphatic carbocycles. The number of aromatic carboxylic acids is 1. The molecule has 0 saturated heterocycles. The minimum absolute atomic E-state index is 0.258. The smallest absolute Gasteiger partial charge is 0.352 e. The number of aryl methyl sites for hydroxylation is 1. The van der Waals surface area contributed by atoms with E-state index >= 15 is 0 Å². The highest BCUT2D eigenvalue weighted by Crippen LogP contribution is 2.17. The monoisotopic (exact) mass is 247 g/mol. The number of hydrogen-bond acceptors (Lipinski definition) is 2. The van der Waals surface area contributed by atoms with Gasteiger partial charge in [0.15, 0.2) is 0 Å². The number of halogens is 1. The van der Waals surface area contributed by atoms with Crippen molar-refractivity contribution in [3.05, 3.63) is 23.0 Å². The Morgan fingerprint density at radius 3 is 2.93 bits per heavy atom. The SMILES string of the molecule is CSC(C)CCn1cc(Cl)cc1C(=O)O. The lowest BCUT2D eigenvalue weighted by Crippen LogP contribution is -2.10. The molecule has 0 bridgehead atoms. The zero-order chi connectivity index (χ0) is 11.4. The third-order valence-electron chi connectivity index (χ3n) is 2.26. The van der Waals surface area contributed by atoms with E-state index in [2.05, 4.69) is 6.92 Å². The zero-order valence-electron chi connectivity index (χ0n) is 8.74. The first kappa shape index (κ1) is 12.5. The molecule has 0 radical (unpaired) electrons. The van der Waals surface area contributed by atoms with E-state index in [9.17, 15) is 4.79 Å². The molecule has 0 aliphatic rings. The van der Waals surface area contributed by atoms with Gasteiger partial charge < -0.3 is 9.67 Å². The van der Waals surface area contributed by atoms with Crippen molar-refractivity contribution in [1.82, 2.24) is 4.57 Å². The van der Waals surface area contributed by atoms with Crippen molar-refractivity contribution in [2.45, 2.75) is 25.1 Å². The van der Waals surface area contributed by atoms with Crippen molar-refractivity contribution in [3.63, 3.8) is 0 Å². The normalized spacial score (nSPS) is 12.7. The predicted octanol–water partition coefficient (Wildman–Crippen LogP) is 2.98. The third kappa shape index (κ3) is 3.47. The van der Waals surface area contributed by atoms with Crippen LogP contribution in [-0.4, -0.2) is 27.1 Å². The quantitative estimate of drug-likeness (QED) is 0.870. The van der Waals surface area contributed by atoms with Crippen LogP contribution in [0.4, 0.5) is 0 Å². The molecular formula is C10H14ClNO2S. The summed E-state index contributed by atoms with van der Waals surface area (Å²) in [5.41, 5.74) is 0.258. The van der Waals surface area contributed by atoms with Gasteiger partial charge in [0.1, 0.15) is 5.69 Å². The first-order chi connectivity index (χ1) is 7.04. The molecule has 1 rings (SSSR count). The van der Waals surface area contributed by atoms with E-state index in [1.165, 1.54) is 6.07 Å². The second-order valence-electron chi connectivity index (χ2n) is 3.38. The predicted molar refractivity (Wildman–Crippen MR) is 64.0 cm³/mol. The number of nitrogens with zero attached hydrogens (tertiary/aromatic N) is 1. The number of hydrogen-bond donors (Lipinski definition) is 1. The lowest BCUT2D eigenvalue weighted by atomic mass is 10.3. The molecule has 0 amide bonds.